The summed E-state index contributed by atoms with van der Waals surface area (Å²) in [7, 11) is 0. The predicted octanol–water partition coefficient (Wildman–Crippen LogP) is 37.8. The standard InChI is InChI=1S/C48H33N3.C47H35N3.C44H29N3S/c1-4-15-34(16-5-1)36-27-29-38(30-28-36)44-33-39(35-17-6-2-7-18-35)31-32-46(44)51(40-21-8-3-9-22-40)48-49-45-26-13-12-24-43(45)47(50-48)42-25-14-20-37-19-10-11-23-41(37)42;1-47(2)41-24-14-12-22-37(41)38-28-27-36(31-42(38)47)50(46-48-43-25-15-13-23-39(43)45(49-46)34-20-10-5-11-21-34)44-29-26-35(32-16-6-3-7-17-32)30-40(44)33-18-8-4-9-19-33;1-4-15-30(16-5-1)33-27-28-39(37(29-33)31-17-6-2-7-18-31)47(40-25-14-23-35-34-21-11-13-26-41(34)48-43(35)40)44-45-38-24-12-10-22-36(38)42(46-44)32-19-8-3-9-20-32/h1-33H;3-31H,1-2H3;1-29H. The van der Waals surface area contributed by atoms with E-state index in [1.165, 1.54) is 70.1 Å². The molecule has 0 saturated carbocycles. The van der Waals surface area contributed by atoms with Crippen molar-refractivity contribution in [3.05, 3.63) is 563 Å². The van der Waals surface area contributed by atoms with E-state index in [-0.39, 0.29) is 5.41 Å². The monoisotopic (exact) mass is 1920 g/mol. The van der Waals surface area contributed by atoms with Crippen molar-refractivity contribution >= 4 is 127 Å². The molecule has 10 heteroatoms. The van der Waals surface area contributed by atoms with Crippen molar-refractivity contribution in [1.29, 1.82) is 0 Å². The second kappa shape index (κ2) is 40.1. The van der Waals surface area contributed by atoms with E-state index in [1.807, 2.05) is 35.6 Å². The molecule has 0 amide bonds. The predicted molar refractivity (Wildman–Crippen MR) is 625 cm³/mol. The van der Waals surface area contributed by atoms with Gasteiger partial charge >= 0.3 is 0 Å². The summed E-state index contributed by atoms with van der Waals surface area (Å²) in [5.74, 6) is 1.86. The lowest BCUT2D eigenvalue weighted by molar-refractivity contribution is 0.660. The summed E-state index contributed by atoms with van der Waals surface area (Å²) in [6, 6.07) is 195. The summed E-state index contributed by atoms with van der Waals surface area (Å²) in [6.45, 7) is 4.66. The Morgan fingerprint density at radius 2 is 0.503 bits per heavy atom. The minimum atomic E-state index is -0.160. The highest BCUT2D eigenvalue weighted by molar-refractivity contribution is 7.26. The maximum absolute atomic E-state index is 5.46. The van der Waals surface area contributed by atoms with Gasteiger partial charge in [-0.25, -0.2) is 29.9 Å². The summed E-state index contributed by atoms with van der Waals surface area (Å²) < 4.78 is 2.45. The highest BCUT2D eigenvalue weighted by Gasteiger charge is 2.37. The number of thiophene rings is 1. The molecule has 0 N–H and O–H groups in total. The minimum Gasteiger partial charge on any atom is -0.279 e. The second-order valence-electron chi connectivity index (χ2n) is 37.9. The topological polar surface area (TPSA) is 87.1 Å². The summed E-state index contributed by atoms with van der Waals surface area (Å²) in [5, 5.41) is 7.88. The highest BCUT2D eigenvalue weighted by atomic mass is 32.1. The lowest BCUT2D eigenvalue weighted by Crippen LogP contribution is -2.18. The van der Waals surface area contributed by atoms with Crippen LogP contribution in [-0.4, -0.2) is 29.9 Å². The largest absolute Gasteiger partial charge is 0.279 e. The fraction of sp³-hybridized carbons (Fsp3) is 0.0216. The normalized spacial score (nSPS) is 11.7. The molecule has 0 fully saturated rings. The fourth-order valence-electron chi connectivity index (χ4n) is 21.2. The minimum absolute atomic E-state index is 0.160. The fourth-order valence-corrected chi connectivity index (χ4v) is 22.4. The van der Waals surface area contributed by atoms with Crippen LogP contribution in [0.1, 0.15) is 25.0 Å². The van der Waals surface area contributed by atoms with Crippen molar-refractivity contribution in [3.8, 4) is 123 Å². The molecule has 0 bridgehead atoms. The molecule has 149 heavy (non-hydrogen) atoms. The third-order valence-corrected chi connectivity index (χ3v) is 29.7. The summed E-state index contributed by atoms with van der Waals surface area (Å²) in [6.07, 6.45) is 0. The Morgan fingerprint density at radius 1 is 0.181 bits per heavy atom. The molecule has 704 valence electrons. The molecular weight excluding hydrogens is 1830 g/mol. The van der Waals surface area contributed by atoms with Crippen LogP contribution in [0.25, 0.3) is 186 Å². The smallest absolute Gasteiger partial charge is 0.235 e. The zero-order chi connectivity index (χ0) is 99.5. The number of hydrogen-bond acceptors (Lipinski definition) is 10. The number of rotatable bonds is 19. The van der Waals surface area contributed by atoms with Gasteiger partial charge in [0.2, 0.25) is 17.8 Å². The van der Waals surface area contributed by atoms with Crippen LogP contribution in [0.4, 0.5) is 52.0 Å². The van der Waals surface area contributed by atoms with E-state index in [0.717, 1.165) is 162 Å². The summed E-state index contributed by atoms with van der Waals surface area (Å²) >= 11 is 1.81. The number of fused-ring (bicyclic) bond motifs is 10. The SMILES string of the molecule is CC1(C)c2ccccc2-c2ccc(N(c3nc(-c4ccccc4)c4ccccc4n3)c3ccc(-c4ccccc4)cc3-c3ccccc3)cc21.c1ccc(-c2ccc(-c3cc(-c4ccccc4)ccc3N(c3ccccc3)c3nc(-c4cccc5ccccc45)c4ccccc4n3)cc2)cc1.c1ccc(-c2ccc(N(c3nc(-c4ccccc4)c4ccccc4n3)c3cccc4c3sc3ccccc34)c(-c3ccccc3)c2)cc1. The lowest BCUT2D eigenvalue weighted by atomic mass is 9.82. The molecule has 27 rings (SSSR count). The van der Waals surface area contributed by atoms with Crippen LogP contribution >= 0.6 is 11.3 Å². The zero-order valence-electron chi connectivity index (χ0n) is 82.0. The molecule has 0 aliphatic heterocycles. The zero-order valence-corrected chi connectivity index (χ0v) is 82.8. The third kappa shape index (κ3) is 17.8. The average Bonchev–Trinajstić information content (AvgIpc) is 1.58. The average molecular weight is 1930 g/mol. The van der Waals surface area contributed by atoms with E-state index >= 15 is 0 Å². The highest BCUT2D eigenvalue weighted by Crippen LogP contribution is 2.55. The van der Waals surface area contributed by atoms with Crippen LogP contribution in [0.2, 0.25) is 0 Å². The second-order valence-corrected chi connectivity index (χ2v) is 38.9. The molecule has 0 saturated heterocycles. The van der Waals surface area contributed by atoms with E-state index in [1.54, 1.807) is 0 Å². The first-order valence-electron chi connectivity index (χ1n) is 50.5. The Balaban J connectivity index is 0.000000116. The van der Waals surface area contributed by atoms with Crippen LogP contribution in [-0.2, 0) is 5.41 Å². The molecule has 22 aromatic carbocycles. The molecule has 26 aromatic rings. The van der Waals surface area contributed by atoms with Gasteiger partial charge in [-0.3, -0.25) is 14.7 Å². The van der Waals surface area contributed by atoms with E-state index in [4.69, 9.17) is 29.9 Å². The number of nitrogens with zero attached hydrogens (tertiary/aromatic N) is 9. The molecule has 0 atom stereocenters. The van der Waals surface area contributed by atoms with Gasteiger partial charge in [0.05, 0.1) is 61.1 Å². The van der Waals surface area contributed by atoms with Gasteiger partial charge in [0, 0.05) is 81.8 Å². The van der Waals surface area contributed by atoms with Crippen LogP contribution in [0.3, 0.4) is 0 Å². The van der Waals surface area contributed by atoms with Crippen LogP contribution in [0.5, 0.6) is 0 Å². The van der Waals surface area contributed by atoms with Crippen molar-refractivity contribution in [2.75, 3.05) is 14.7 Å². The first-order valence-corrected chi connectivity index (χ1v) is 51.3. The van der Waals surface area contributed by atoms with Gasteiger partial charge in [0.15, 0.2) is 0 Å². The first-order chi connectivity index (χ1) is 73.7. The van der Waals surface area contributed by atoms with Gasteiger partial charge in [-0.1, -0.05) is 475 Å². The number of para-hydroxylation sites is 4. The summed E-state index contributed by atoms with van der Waals surface area (Å²) in [4.78, 5) is 38.9. The maximum Gasteiger partial charge on any atom is 0.235 e. The number of benzene rings is 22. The Bertz CT molecular complexity index is 9410. The maximum atomic E-state index is 5.46. The summed E-state index contributed by atoms with van der Waals surface area (Å²) in [5.41, 5.74) is 35.7. The van der Waals surface area contributed by atoms with Gasteiger partial charge in [-0.2, -0.15) is 0 Å². The number of anilines is 9. The molecule has 1 aliphatic rings. The molecule has 0 spiro atoms. The lowest BCUT2D eigenvalue weighted by Gasteiger charge is -2.29. The molecule has 9 nitrogen and oxygen atoms in total. The molecule has 1 aliphatic carbocycles. The number of aromatic nitrogens is 6. The molecule has 0 unspecified atom stereocenters. The Labute approximate surface area is 870 Å². The quantitative estimate of drug-likeness (QED) is 0.0786. The molecule has 4 aromatic heterocycles. The van der Waals surface area contributed by atoms with Gasteiger partial charge < -0.3 is 0 Å². The van der Waals surface area contributed by atoms with Crippen LogP contribution in [0, 0.1) is 0 Å². The van der Waals surface area contributed by atoms with E-state index in [9.17, 15) is 0 Å². The van der Waals surface area contributed by atoms with Crippen molar-refractivity contribution in [1.82, 2.24) is 29.9 Å². The van der Waals surface area contributed by atoms with Gasteiger partial charge in [-0.05, 0) is 185 Å². The van der Waals surface area contributed by atoms with Crippen molar-refractivity contribution < 1.29 is 0 Å². The third-order valence-electron chi connectivity index (χ3n) is 28.5. The van der Waals surface area contributed by atoms with Crippen molar-refractivity contribution in [2.24, 2.45) is 0 Å². The van der Waals surface area contributed by atoms with Crippen LogP contribution in [0.15, 0.2) is 552 Å². The Hall–Kier alpha value is -19.3. The number of hydrogen-bond donors (Lipinski definition) is 0. The Morgan fingerprint density at radius 3 is 1.00 bits per heavy atom. The van der Waals surface area contributed by atoms with Crippen molar-refractivity contribution in [3.63, 3.8) is 0 Å². The van der Waals surface area contributed by atoms with Crippen LogP contribution < -0.4 is 14.7 Å². The van der Waals surface area contributed by atoms with E-state index in [0.29, 0.717) is 17.8 Å². The molecular formula is C139H97N9S. The van der Waals surface area contributed by atoms with Crippen molar-refractivity contribution in [2.45, 2.75) is 19.3 Å². The van der Waals surface area contributed by atoms with Gasteiger partial charge in [-0.15, -0.1) is 11.3 Å². The Kier molecular flexibility index (Phi) is 24.5. The molecule has 4 heterocycles. The first kappa shape index (κ1) is 91.0. The van der Waals surface area contributed by atoms with E-state index < -0.39 is 0 Å². The molecule has 0 radical (unpaired) electrons. The van der Waals surface area contributed by atoms with Gasteiger partial charge in [0.1, 0.15) is 0 Å². The van der Waals surface area contributed by atoms with Gasteiger partial charge in [0.25, 0.3) is 0 Å². The van der Waals surface area contributed by atoms with E-state index in [2.05, 4.69) is 556 Å².